The van der Waals surface area contributed by atoms with Crippen LogP contribution in [0.2, 0.25) is 0 Å². The van der Waals surface area contributed by atoms with E-state index >= 15 is 0 Å². The SMILES string of the molecule is OB(O)c1cc(F)c(CCC2Cc3ccccc3C2)c(F)c1. The summed E-state index contributed by atoms with van der Waals surface area (Å²) in [6, 6.07) is 10.2. The van der Waals surface area contributed by atoms with Crippen molar-refractivity contribution < 1.29 is 18.8 Å². The van der Waals surface area contributed by atoms with Gasteiger partial charge in [0.25, 0.3) is 0 Å². The molecule has 0 spiro atoms. The van der Waals surface area contributed by atoms with E-state index in [0.717, 1.165) is 25.0 Å². The molecule has 0 saturated carbocycles. The van der Waals surface area contributed by atoms with Crippen molar-refractivity contribution in [3.63, 3.8) is 0 Å². The topological polar surface area (TPSA) is 40.5 Å². The van der Waals surface area contributed by atoms with Crippen molar-refractivity contribution >= 4 is 12.6 Å². The summed E-state index contributed by atoms with van der Waals surface area (Å²) >= 11 is 0. The van der Waals surface area contributed by atoms with Gasteiger partial charge in [-0.2, -0.15) is 0 Å². The summed E-state index contributed by atoms with van der Waals surface area (Å²) in [7, 11) is -1.86. The average molecular weight is 302 g/mol. The molecule has 2 N–H and O–H groups in total. The second kappa shape index (κ2) is 6.19. The fraction of sp³-hybridized carbons (Fsp3) is 0.294. The minimum absolute atomic E-state index is 0.0281. The molecule has 0 radical (unpaired) electrons. The van der Waals surface area contributed by atoms with E-state index in [0.29, 0.717) is 18.8 Å². The summed E-state index contributed by atoms with van der Waals surface area (Å²) in [5, 5.41) is 18.0. The second-order valence-electron chi connectivity index (χ2n) is 5.92. The summed E-state index contributed by atoms with van der Waals surface area (Å²) in [5.41, 5.74) is 2.52. The molecule has 0 aromatic heterocycles. The molecule has 0 amide bonds. The van der Waals surface area contributed by atoms with Gasteiger partial charge in [0.1, 0.15) is 11.6 Å². The quantitative estimate of drug-likeness (QED) is 0.848. The van der Waals surface area contributed by atoms with Gasteiger partial charge < -0.3 is 10.0 Å². The van der Waals surface area contributed by atoms with E-state index in [2.05, 4.69) is 12.1 Å². The molecular formula is C17H17BF2O2. The van der Waals surface area contributed by atoms with Gasteiger partial charge in [0, 0.05) is 5.56 Å². The highest BCUT2D eigenvalue weighted by Gasteiger charge is 2.23. The molecule has 0 saturated heterocycles. The van der Waals surface area contributed by atoms with E-state index in [1.165, 1.54) is 11.1 Å². The van der Waals surface area contributed by atoms with E-state index in [1.54, 1.807) is 0 Å². The fourth-order valence-electron chi connectivity index (χ4n) is 3.21. The first-order valence-corrected chi connectivity index (χ1v) is 7.45. The predicted octanol–water partition coefficient (Wildman–Crippen LogP) is 1.99. The van der Waals surface area contributed by atoms with Gasteiger partial charge in [0.15, 0.2) is 0 Å². The summed E-state index contributed by atoms with van der Waals surface area (Å²) < 4.78 is 27.9. The second-order valence-corrected chi connectivity index (χ2v) is 5.92. The van der Waals surface area contributed by atoms with Gasteiger partial charge in [-0.15, -0.1) is 0 Å². The normalized spacial score (nSPS) is 14.2. The Bertz CT molecular complexity index is 640. The summed E-state index contributed by atoms with van der Waals surface area (Å²) in [4.78, 5) is 0. The highest BCUT2D eigenvalue weighted by atomic mass is 19.1. The first kappa shape index (κ1) is 15.2. The summed E-state index contributed by atoms with van der Waals surface area (Å²) in [5.74, 6) is -1.02. The molecule has 0 fully saturated rings. The van der Waals surface area contributed by atoms with Crippen molar-refractivity contribution in [2.24, 2.45) is 5.92 Å². The highest BCUT2D eigenvalue weighted by molar-refractivity contribution is 6.58. The molecule has 0 unspecified atom stereocenters. The number of hydrogen-bond acceptors (Lipinski definition) is 2. The minimum atomic E-state index is -1.86. The first-order chi connectivity index (χ1) is 10.5. The lowest BCUT2D eigenvalue weighted by molar-refractivity contribution is 0.424. The highest BCUT2D eigenvalue weighted by Crippen LogP contribution is 2.30. The molecule has 2 aromatic carbocycles. The van der Waals surface area contributed by atoms with Crippen molar-refractivity contribution in [1.29, 1.82) is 0 Å². The Labute approximate surface area is 128 Å². The van der Waals surface area contributed by atoms with Crippen LogP contribution in [-0.4, -0.2) is 17.2 Å². The van der Waals surface area contributed by atoms with Crippen molar-refractivity contribution in [3.8, 4) is 0 Å². The maximum absolute atomic E-state index is 13.9. The lowest BCUT2D eigenvalue weighted by Crippen LogP contribution is -2.31. The fourth-order valence-corrected chi connectivity index (χ4v) is 3.21. The molecule has 3 rings (SSSR count). The van der Waals surface area contributed by atoms with Crippen LogP contribution < -0.4 is 5.46 Å². The molecule has 114 valence electrons. The lowest BCUT2D eigenvalue weighted by atomic mass is 9.79. The van der Waals surface area contributed by atoms with Gasteiger partial charge in [-0.05, 0) is 60.3 Å². The van der Waals surface area contributed by atoms with Crippen molar-refractivity contribution in [2.75, 3.05) is 0 Å². The van der Waals surface area contributed by atoms with Crippen molar-refractivity contribution in [3.05, 3.63) is 64.7 Å². The standard InChI is InChI=1S/C17H17BF2O2/c19-16-9-14(18(21)22)10-17(20)15(16)6-5-11-7-12-3-1-2-4-13(12)8-11/h1-4,9-11,21-22H,5-8H2. The van der Waals surface area contributed by atoms with Crippen LogP contribution >= 0.6 is 0 Å². The Morgan fingerprint density at radius 1 is 1.00 bits per heavy atom. The van der Waals surface area contributed by atoms with E-state index in [1.807, 2.05) is 12.1 Å². The zero-order valence-corrected chi connectivity index (χ0v) is 12.1. The van der Waals surface area contributed by atoms with Crippen LogP contribution in [0.25, 0.3) is 0 Å². The first-order valence-electron chi connectivity index (χ1n) is 7.45. The average Bonchev–Trinajstić information content (AvgIpc) is 2.88. The van der Waals surface area contributed by atoms with Gasteiger partial charge in [0.05, 0.1) is 0 Å². The van der Waals surface area contributed by atoms with Gasteiger partial charge in [-0.1, -0.05) is 24.3 Å². The van der Waals surface area contributed by atoms with Gasteiger partial charge in [-0.3, -0.25) is 0 Å². The van der Waals surface area contributed by atoms with Crippen molar-refractivity contribution in [2.45, 2.75) is 25.7 Å². The van der Waals surface area contributed by atoms with Gasteiger partial charge >= 0.3 is 7.12 Å². The Kier molecular flexibility index (Phi) is 4.27. The monoisotopic (exact) mass is 302 g/mol. The number of rotatable bonds is 4. The molecule has 5 heteroatoms. The number of benzene rings is 2. The van der Waals surface area contributed by atoms with Crippen LogP contribution in [0.3, 0.4) is 0 Å². The van der Waals surface area contributed by atoms with Crippen LogP contribution in [0.4, 0.5) is 8.78 Å². The molecule has 0 aliphatic heterocycles. The third kappa shape index (κ3) is 3.06. The van der Waals surface area contributed by atoms with Crippen LogP contribution in [0.5, 0.6) is 0 Å². The zero-order valence-electron chi connectivity index (χ0n) is 12.1. The predicted molar refractivity (Wildman–Crippen MR) is 81.8 cm³/mol. The lowest BCUT2D eigenvalue weighted by Gasteiger charge is -2.11. The number of halogens is 2. The third-order valence-corrected chi connectivity index (χ3v) is 4.40. The number of fused-ring (bicyclic) bond motifs is 1. The molecule has 2 nitrogen and oxygen atoms in total. The van der Waals surface area contributed by atoms with Gasteiger partial charge in [-0.25, -0.2) is 8.78 Å². The maximum atomic E-state index is 13.9. The van der Waals surface area contributed by atoms with Crippen LogP contribution in [0, 0.1) is 17.6 Å². The molecule has 0 heterocycles. The molecule has 0 bridgehead atoms. The minimum Gasteiger partial charge on any atom is -0.423 e. The van der Waals surface area contributed by atoms with Crippen LogP contribution in [-0.2, 0) is 19.3 Å². The smallest absolute Gasteiger partial charge is 0.423 e. The number of hydrogen-bond donors (Lipinski definition) is 2. The maximum Gasteiger partial charge on any atom is 0.488 e. The zero-order chi connectivity index (χ0) is 15.7. The molecule has 2 aromatic rings. The van der Waals surface area contributed by atoms with Crippen molar-refractivity contribution in [1.82, 2.24) is 0 Å². The van der Waals surface area contributed by atoms with Gasteiger partial charge in [0.2, 0.25) is 0 Å². The van der Waals surface area contributed by atoms with E-state index in [9.17, 15) is 8.78 Å². The largest absolute Gasteiger partial charge is 0.488 e. The van der Waals surface area contributed by atoms with Crippen LogP contribution in [0.15, 0.2) is 36.4 Å². The van der Waals surface area contributed by atoms with Crippen LogP contribution in [0.1, 0.15) is 23.1 Å². The molecule has 1 aliphatic rings. The summed E-state index contributed by atoms with van der Waals surface area (Å²) in [6.07, 6.45) is 2.93. The summed E-state index contributed by atoms with van der Waals surface area (Å²) in [6.45, 7) is 0. The molecule has 0 atom stereocenters. The molecular weight excluding hydrogens is 285 g/mol. The molecule has 1 aliphatic carbocycles. The van der Waals surface area contributed by atoms with E-state index in [-0.39, 0.29) is 11.0 Å². The van der Waals surface area contributed by atoms with E-state index < -0.39 is 18.8 Å². The third-order valence-electron chi connectivity index (χ3n) is 4.40. The molecule has 22 heavy (non-hydrogen) atoms. The van der Waals surface area contributed by atoms with E-state index in [4.69, 9.17) is 10.0 Å². The Morgan fingerprint density at radius 3 is 2.05 bits per heavy atom. The Hall–Kier alpha value is -1.72. The Morgan fingerprint density at radius 2 is 1.55 bits per heavy atom. The Balaban J connectivity index is 1.68.